The lowest BCUT2D eigenvalue weighted by molar-refractivity contribution is 0.102. The number of hydrogen-bond donors (Lipinski definition) is 1. The van der Waals surface area contributed by atoms with Gasteiger partial charge in [0.2, 0.25) is 5.89 Å². The van der Waals surface area contributed by atoms with Crippen LogP contribution in [0, 0.1) is 0 Å². The van der Waals surface area contributed by atoms with Crippen molar-refractivity contribution in [1.29, 1.82) is 0 Å². The van der Waals surface area contributed by atoms with Gasteiger partial charge in [-0.3, -0.25) is 4.79 Å². The number of benzene rings is 4. The van der Waals surface area contributed by atoms with E-state index >= 15 is 0 Å². The Hall–Kier alpha value is -4.18. The van der Waals surface area contributed by atoms with Crippen molar-refractivity contribution in [3.05, 3.63) is 108 Å². The van der Waals surface area contributed by atoms with Gasteiger partial charge in [-0.2, -0.15) is 0 Å². The summed E-state index contributed by atoms with van der Waals surface area (Å²) in [6.07, 6.45) is 0. The van der Waals surface area contributed by atoms with E-state index in [1.807, 2.05) is 72.8 Å². The maximum atomic E-state index is 12.7. The fourth-order valence-electron chi connectivity index (χ4n) is 3.79. The number of aromatic nitrogens is 1. The van der Waals surface area contributed by atoms with Crippen molar-refractivity contribution in [2.45, 2.75) is 19.8 Å². The van der Waals surface area contributed by atoms with Crippen LogP contribution in [0.4, 0.5) is 5.69 Å². The summed E-state index contributed by atoms with van der Waals surface area (Å²) >= 11 is 0. The first kappa shape index (κ1) is 20.7. The lowest BCUT2D eigenvalue weighted by atomic mass is 10.0. The van der Waals surface area contributed by atoms with Gasteiger partial charge in [0.1, 0.15) is 5.52 Å². The second-order valence-electron chi connectivity index (χ2n) is 8.38. The van der Waals surface area contributed by atoms with E-state index in [2.05, 4.69) is 48.4 Å². The molecule has 1 aromatic heterocycles. The molecule has 0 spiro atoms. The zero-order valence-corrected chi connectivity index (χ0v) is 18.6. The molecule has 5 aromatic rings. The topological polar surface area (TPSA) is 55.1 Å². The molecule has 5 rings (SSSR count). The van der Waals surface area contributed by atoms with Crippen molar-refractivity contribution in [2.24, 2.45) is 0 Å². The molecule has 0 bridgehead atoms. The Morgan fingerprint density at radius 1 is 0.788 bits per heavy atom. The van der Waals surface area contributed by atoms with Crippen LogP contribution in [0.25, 0.3) is 33.7 Å². The monoisotopic (exact) mass is 432 g/mol. The normalized spacial score (nSPS) is 11.1. The molecule has 0 unspecified atom stereocenters. The number of carbonyl (C=O) groups excluding carboxylic acids is 1. The molecular weight excluding hydrogens is 408 g/mol. The van der Waals surface area contributed by atoms with E-state index in [0.717, 1.165) is 11.1 Å². The Balaban J connectivity index is 1.35. The molecule has 0 saturated carbocycles. The Kier molecular flexibility index (Phi) is 5.49. The van der Waals surface area contributed by atoms with Crippen LogP contribution < -0.4 is 5.32 Å². The molecule has 1 amide bonds. The van der Waals surface area contributed by atoms with Crippen molar-refractivity contribution >= 4 is 22.7 Å². The summed E-state index contributed by atoms with van der Waals surface area (Å²) in [5.41, 5.74) is 7.10. The average Bonchev–Trinajstić information content (AvgIpc) is 3.28. The summed E-state index contributed by atoms with van der Waals surface area (Å²) in [5, 5.41) is 2.95. The van der Waals surface area contributed by atoms with Gasteiger partial charge in [0.15, 0.2) is 5.58 Å². The number of fused-ring (bicyclic) bond motifs is 1. The molecule has 0 atom stereocenters. The fraction of sp³-hybridized carbons (Fsp3) is 0.103. The van der Waals surface area contributed by atoms with Crippen molar-refractivity contribution in [3.8, 4) is 22.6 Å². The summed E-state index contributed by atoms with van der Waals surface area (Å²) in [6, 6.07) is 31.6. The largest absolute Gasteiger partial charge is 0.436 e. The average molecular weight is 433 g/mol. The summed E-state index contributed by atoms with van der Waals surface area (Å²) in [6.45, 7) is 4.27. The minimum absolute atomic E-state index is 0.148. The summed E-state index contributed by atoms with van der Waals surface area (Å²) in [4.78, 5) is 17.3. The second-order valence-corrected chi connectivity index (χ2v) is 8.38. The molecule has 1 N–H and O–H groups in total. The zero-order valence-electron chi connectivity index (χ0n) is 18.6. The van der Waals surface area contributed by atoms with Crippen LogP contribution in [0.1, 0.15) is 35.7 Å². The second kappa shape index (κ2) is 8.75. The number of carbonyl (C=O) groups is 1. The number of nitrogens with zero attached hydrogens (tertiary/aromatic N) is 1. The van der Waals surface area contributed by atoms with Gasteiger partial charge in [0, 0.05) is 16.8 Å². The number of nitrogens with one attached hydrogen (secondary N) is 1. The Bertz CT molecular complexity index is 1400. The molecule has 0 aliphatic heterocycles. The van der Waals surface area contributed by atoms with E-state index in [4.69, 9.17) is 4.42 Å². The number of rotatable bonds is 5. The maximum absolute atomic E-state index is 12.7. The maximum Gasteiger partial charge on any atom is 0.255 e. The van der Waals surface area contributed by atoms with E-state index in [9.17, 15) is 4.79 Å². The van der Waals surface area contributed by atoms with Crippen LogP contribution >= 0.6 is 0 Å². The standard InChI is InChI=1S/C29H24N2O2/c1-19(2)20-8-12-23(13-9-20)28(32)30-25-16-17-27-26(18-25)31-29(33-27)24-14-10-22(11-15-24)21-6-4-3-5-7-21/h3-19H,1-2H3,(H,30,32). The summed E-state index contributed by atoms with van der Waals surface area (Å²) < 4.78 is 5.96. The number of amides is 1. The van der Waals surface area contributed by atoms with E-state index in [1.54, 1.807) is 0 Å². The van der Waals surface area contributed by atoms with Gasteiger partial charge in [-0.05, 0) is 65.1 Å². The van der Waals surface area contributed by atoms with Gasteiger partial charge in [0.05, 0.1) is 0 Å². The van der Waals surface area contributed by atoms with Crippen LogP contribution in [-0.4, -0.2) is 10.9 Å². The van der Waals surface area contributed by atoms with Crippen molar-refractivity contribution in [1.82, 2.24) is 4.98 Å². The lowest BCUT2D eigenvalue weighted by Gasteiger charge is -2.08. The first-order chi connectivity index (χ1) is 16.1. The number of hydrogen-bond acceptors (Lipinski definition) is 3. The lowest BCUT2D eigenvalue weighted by Crippen LogP contribution is -2.11. The first-order valence-electron chi connectivity index (χ1n) is 11.0. The third-order valence-corrected chi connectivity index (χ3v) is 5.72. The highest BCUT2D eigenvalue weighted by atomic mass is 16.3. The molecule has 0 aliphatic rings. The third-order valence-electron chi connectivity index (χ3n) is 5.72. The van der Waals surface area contributed by atoms with Gasteiger partial charge in [-0.1, -0.05) is 68.4 Å². The minimum Gasteiger partial charge on any atom is -0.436 e. The van der Waals surface area contributed by atoms with Crippen molar-refractivity contribution in [2.75, 3.05) is 5.32 Å². The van der Waals surface area contributed by atoms with E-state index in [1.165, 1.54) is 11.1 Å². The molecule has 0 radical (unpaired) electrons. The van der Waals surface area contributed by atoms with Gasteiger partial charge in [0.25, 0.3) is 5.91 Å². The Morgan fingerprint density at radius 2 is 1.45 bits per heavy atom. The first-order valence-corrected chi connectivity index (χ1v) is 11.0. The highest BCUT2D eigenvalue weighted by molar-refractivity contribution is 6.05. The molecule has 33 heavy (non-hydrogen) atoms. The molecule has 0 saturated heterocycles. The third kappa shape index (κ3) is 4.41. The van der Waals surface area contributed by atoms with Crippen molar-refractivity contribution < 1.29 is 9.21 Å². The predicted molar refractivity (Wildman–Crippen MR) is 133 cm³/mol. The molecule has 4 nitrogen and oxygen atoms in total. The molecule has 0 aliphatic carbocycles. The molecular formula is C29H24N2O2. The van der Waals surface area contributed by atoms with Crippen LogP contribution in [0.5, 0.6) is 0 Å². The smallest absolute Gasteiger partial charge is 0.255 e. The molecule has 4 heteroatoms. The van der Waals surface area contributed by atoms with Crippen molar-refractivity contribution in [3.63, 3.8) is 0 Å². The molecule has 1 heterocycles. The predicted octanol–water partition coefficient (Wildman–Crippen LogP) is 7.54. The fourth-order valence-corrected chi connectivity index (χ4v) is 3.79. The van der Waals surface area contributed by atoms with Crippen LogP contribution in [0.3, 0.4) is 0 Å². The van der Waals surface area contributed by atoms with Gasteiger partial charge >= 0.3 is 0 Å². The molecule has 162 valence electrons. The van der Waals surface area contributed by atoms with Crippen LogP contribution in [0.15, 0.2) is 101 Å². The number of anilines is 1. The Labute approximate surface area is 192 Å². The van der Waals surface area contributed by atoms with E-state index < -0.39 is 0 Å². The van der Waals surface area contributed by atoms with Gasteiger partial charge < -0.3 is 9.73 Å². The van der Waals surface area contributed by atoms with Gasteiger partial charge in [-0.15, -0.1) is 0 Å². The zero-order chi connectivity index (χ0) is 22.8. The Morgan fingerprint density at radius 3 is 2.15 bits per heavy atom. The SMILES string of the molecule is CC(C)c1ccc(C(=O)Nc2ccc3oc(-c4ccc(-c5ccccc5)cc4)nc3c2)cc1. The summed E-state index contributed by atoms with van der Waals surface area (Å²) in [7, 11) is 0. The van der Waals surface area contributed by atoms with E-state index in [0.29, 0.717) is 34.2 Å². The van der Waals surface area contributed by atoms with Crippen LogP contribution in [0.2, 0.25) is 0 Å². The molecule has 0 fully saturated rings. The van der Waals surface area contributed by atoms with E-state index in [-0.39, 0.29) is 5.91 Å². The van der Waals surface area contributed by atoms with Gasteiger partial charge in [-0.25, -0.2) is 4.98 Å². The highest BCUT2D eigenvalue weighted by Gasteiger charge is 2.12. The quantitative estimate of drug-likeness (QED) is 0.312. The van der Waals surface area contributed by atoms with Crippen LogP contribution in [-0.2, 0) is 0 Å². The number of oxazole rings is 1. The molecule has 4 aromatic carbocycles. The minimum atomic E-state index is -0.148. The summed E-state index contributed by atoms with van der Waals surface area (Å²) in [5.74, 6) is 0.836. The highest BCUT2D eigenvalue weighted by Crippen LogP contribution is 2.28.